The Bertz CT molecular complexity index is 389. The Morgan fingerprint density at radius 1 is 1.07 bits per heavy atom. The van der Waals surface area contributed by atoms with E-state index >= 15 is 0 Å². The standard InChI is InChI=1S/C13H14OS/c1-11-4-6-12(7-5-11)9-15-10-13-3-2-8-14-13/h2-8H,9-10H2,1H3. The first-order chi connectivity index (χ1) is 7.34. The zero-order chi connectivity index (χ0) is 10.5. The van der Waals surface area contributed by atoms with Crippen molar-refractivity contribution in [2.75, 3.05) is 0 Å². The van der Waals surface area contributed by atoms with E-state index in [1.807, 2.05) is 23.9 Å². The number of hydrogen-bond donors (Lipinski definition) is 0. The van der Waals surface area contributed by atoms with Crippen LogP contribution < -0.4 is 0 Å². The molecule has 2 heteroatoms. The van der Waals surface area contributed by atoms with Gasteiger partial charge in [0.05, 0.1) is 12.0 Å². The number of thioether (sulfide) groups is 1. The number of rotatable bonds is 4. The Morgan fingerprint density at radius 3 is 2.53 bits per heavy atom. The molecule has 1 aromatic heterocycles. The minimum atomic E-state index is 0.945. The molecule has 1 nitrogen and oxygen atoms in total. The Morgan fingerprint density at radius 2 is 1.87 bits per heavy atom. The summed E-state index contributed by atoms with van der Waals surface area (Å²) in [5, 5.41) is 0. The predicted molar refractivity (Wildman–Crippen MR) is 64.9 cm³/mol. The molecule has 0 N–H and O–H groups in total. The van der Waals surface area contributed by atoms with Crippen molar-refractivity contribution in [3.05, 3.63) is 59.5 Å². The van der Waals surface area contributed by atoms with Gasteiger partial charge in [0, 0.05) is 5.75 Å². The Hall–Kier alpha value is -1.15. The second kappa shape index (κ2) is 5.08. The molecule has 78 valence electrons. The first kappa shape index (κ1) is 10.4. The maximum atomic E-state index is 5.27. The van der Waals surface area contributed by atoms with Crippen molar-refractivity contribution in [1.82, 2.24) is 0 Å². The molecule has 0 atom stereocenters. The van der Waals surface area contributed by atoms with E-state index in [2.05, 4.69) is 31.2 Å². The normalized spacial score (nSPS) is 10.5. The van der Waals surface area contributed by atoms with Gasteiger partial charge >= 0.3 is 0 Å². The van der Waals surface area contributed by atoms with Crippen molar-refractivity contribution in [2.45, 2.75) is 18.4 Å². The molecule has 0 radical (unpaired) electrons. The van der Waals surface area contributed by atoms with Gasteiger partial charge in [0.1, 0.15) is 5.76 Å². The van der Waals surface area contributed by atoms with E-state index < -0.39 is 0 Å². The smallest absolute Gasteiger partial charge is 0.113 e. The number of furan rings is 1. The molecule has 0 bridgehead atoms. The quantitative estimate of drug-likeness (QED) is 0.768. The molecule has 2 rings (SSSR count). The molecule has 0 fully saturated rings. The minimum absolute atomic E-state index is 0.945. The van der Waals surface area contributed by atoms with Crippen LogP contribution in [0.1, 0.15) is 16.9 Å². The van der Waals surface area contributed by atoms with Crippen LogP contribution in [0.25, 0.3) is 0 Å². The van der Waals surface area contributed by atoms with Crippen LogP contribution in [0.2, 0.25) is 0 Å². The molecule has 1 aromatic carbocycles. The maximum absolute atomic E-state index is 5.27. The summed E-state index contributed by atoms with van der Waals surface area (Å²) in [6.45, 7) is 2.11. The van der Waals surface area contributed by atoms with Gasteiger partial charge in [-0.25, -0.2) is 0 Å². The van der Waals surface area contributed by atoms with Crippen LogP contribution in [-0.4, -0.2) is 0 Å². The number of aryl methyl sites for hydroxylation is 1. The highest BCUT2D eigenvalue weighted by atomic mass is 32.2. The topological polar surface area (TPSA) is 13.1 Å². The van der Waals surface area contributed by atoms with Gasteiger partial charge in [-0.1, -0.05) is 29.8 Å². The Kier molecular flexibility index (Phi) is 3.51. The van der Waals surface area contributed by atoms with E-state index in [0.29, 0.717) is 0 Å². The van der Waals surface area contributed by atoms with E-state index in [4.69, 9.17) is 4.42 Å². The van der Waals surface area contributed by atoms with Crippen LogP contribution in [0.15, 0.2) is 47.1 Å². The SMILES string of the molecule is Cc1ccc(CSCc2ccco2)cc1. The third-order valence-electron chi connectivity index (χ3n) is 2.21. The molecule has 0 spiro atoms. The lowest BCUT2D eigenvalue weighted by Crippen LogP contribution is -1.82. The highest BCUT2D eigenvalue weighted by molar-refractivity contribution is 7.97. The molecule has 2 aromatic rings. The monoisotopic (exact) mass is 218 g/mol. The first-order valence-corrected chi connectivity index (χ1v) is 6.16. The molecule has 0 aliphatic rings. The fourth-order valence-electron chi connectivity index (χ4n) is 1.35. The van der Waals surface area contributed by atoms with Gasteiger partial charge in [-0.3, -0.25) is 0 Å². The van der Waals surface area contributed by atoms with Crippen molar-refractivity contribution in [1.29, 1.82) is 0 Å². The number of hydrogen-bond acceptors (Lipinski definition) is 2. The molecule has 0 saturated carbocycles. The third kappa shape index (κ3) is 3.17. The average molecular weight is 218 g/mol. The summed E-state index contributed by atoms with van der Waals surface area (Å²) in [4.78, 5) is 0. The second-order valence-electron chi connectivity index (χ2n) is 3.56. The van der Waals surface area contributed by atoms with Gasteiger partial charge in [0.15, 0.2) is 0 Å². The molecule has 15 heavy (non-hydrogen) atoms. The fraction of sp³-hybridized carbons (Fsp3) is 0.231. The van der Waals surface area contributed by atoms with Crippen LogP contribution in [0, 0.1) is 6.92 Å². The van der Waals surface area contributed by atoms with Gasteiger partial charge in [-0.2, -0.15) is 0 Å². The highest BCUT2D eigenvalue weighted by Gasteiger charge is 1.97. The predicted octanol–water partition coefficient (Wildman–Crippen LogP) is 4.02. The highest BCUT2D eigenvalue weighted by Crippen LogP contribution is 2.18. The zero-order valence-corrected chi connectivity index (χ0v) is 9.59. The summed E-state index contributed by atoms with van der Waals surface area (Å²) in [6.07, 6.45) is 1.72. The lowest BCUT2D eigenvalue weighted by molar-refractivity contribution is 0.530. The van der Waals surface area contributed by atoms with Crippen LogP contribution in [0.4, 0.5) is 0 Å². The van der Waals surface area contributed by atoms with Crippen molar-refractivity contribution in [3.63, 3.8) is 0 Å². The lowest BCUT2D eigenvalue weighted by Gasteiger charge is -2.00. The van der Waals surface area contributed by atoms with Crippen LogP contribution >= 0.6 is 11.8 Å². The molecular weight excluding hydrogens is 204 g/mol. The molecule has 0 unspecified atom stereocenters. The summed E-state index contributed by atoms with van der Waals surface area (Å²) in [7, 11) is 0. The van der Waals surface area contributed by atoms with Gasteiger partial charge in [-0.05, 0) is 24.6 Å². The average Bonchev–Trinajstić information content (AvgIpc) is 2.74. The molecule has 0 saturated heterocycles. The van der Waals surface area contributed by atoms with E-state index in [-0.39, 0.29) is 0 Å². The minimum Gasteiger partial charge on any atom is -0.468 e. The summed E-state index contributed by atoms with van der Waals surface area (Å²) in [5.74, 6) is 3.04. The molecule has 0 aliphatic heterocycles. The van der Waals surface area contributed by atoms with E-state index in [9.17, 15) is 0 Å². The summed E-state index contributed by atoms with van der Waals surface area (Å²) < 4.78 is 5.27. The van der Waals surface area contributed by atoms with Crippen molar-refractivity contribution < 1.29 is 4.42 Å². The van der Waals surface area contributed by atoms with Gasteiger partial charge in [0.2, 0.25) is 0 Å². The summed E-state index contributed by atoms with van der Waals surface area (Å²) in [5.41, 5.74) is 2.69. The Labute approximate surface area is 94.5 Å². The largest absolute Gasteiger partial charge is 0.468 e. The fourth-order valence-corrected chi connectivity index (χ4v) is 2.24. The van der Waals surface area contributed by atoms with Gasteiger partial charge in [-0.15, -0.1) is 11.8 Å². The molecule has 0 aliphatic carbocycles. The van der Waals surface area contributed by atoms with Crippen LogP contribution in [-0.2, 0) is 11.5 Å². The van der Waals surface area contributed by atoms with E-state index in [1.165, 1.54) is 11.1 Å². The number of benzene rings is 1. The Balaban J connectivity index is 1.81. The van der Waals surface area contributed by atoms with E-state index in [1.54, 1.807) is 6.26 Å². The molecular formula is C13H14OS. The maximum Gasteiger partial charge on any atom is 0.113 e. The van der Waals surface area contributed by atoms with Gasteiger partial charge in [0.25, 0.3) is 0 Å². The molecule has 0 amide bonds. The second-order valence-corrected chi connectivity index (χ2v) is 4.54. The van der Waals surface area contributed by atoms with Crippen molar-refractivity contribution >= 4 is 11.8 Å². The summed E-state index contributed by atoms with van der Waals surface area (Å²) >= 11 is 1.88. The first-order valence-electron chi connectivity index (χ1n) is 5.00. The van der Waals surface area contributed by atoms with Crippen molar-refractivity contribution in [3.8, 4) is 0 Å². The van der Waals surface area contributed by atoms with Crippen LogP contribution in [0.5, 0.6) is 0 Å². The van der Waals surface area contributed by atoms with Crippen LogP contribution in [0.3, 0.4) is 0 Å². The van der Waals surface area contributed by atoms with E-state index in [0.717, 1.165) is 17.3 Å². The lowest BCUT2D eigenvalue weighted by atomic mass is 10.2. The van der Waals surface area contributed by atoms with Crippen molar-refractivity contribution in [2.24, 2.45) is 0 Å². The van der Waals surface area contributed by atoms with Gasteiger partial charge < -0.3 is 4.42 Å². The summed E-state index contributed by atoms with van der Waals surface area (Å²) in [6, 6.07) is 12.6. The third-order valence-corrected chi connectivity index (χ3v) is 3.24. The molecule has 1 heterocycles. The zero-order valence-electron chi connectivity index (χ0n) is 8.77.